The van der Waals surface area contributed by atoms with E-state index in [1.807, 2.05) is 6.92 Å². The van der Waals surface area contributed by atoms with Crippen molar-refractivity contribution in [2.45, 2.75) is 25.7 Å². The molecule has 0 spiro atoms. The molecule has 1 aromatic heterocycles. The lowest BCUT2D eigenvalue weighted by Crippen LogP contribution is -2.21. The zero-order valence-electron chi connectivity index (χ0n) is 11.4. The van der Waals surface area contributed by atoms with Gasteiger partial charge < -0.3 is 9.88 Å². The van der Waals surface area contributed by atoms with Gasteiger partial charge in [-0.1, -0.05) is 6.07 Å². The third kappa shape index (κ3) is 3.57. The number of aryl methyl sites for hydroxylation is 1. The minimum atomic E-state index is -4.70. The van der Waals surface area contributed by atoms with Gasteiger partial charge in [0.05, 0.1) is 11.6 Å². The summed E-state index contributed by atoms with van der Waals surface area (Å²) in [5, 5.41) is 10.7. The first kappa shape index (κ1) is 15.4. The number of nitrogens with one attached hydrogen (secondary N) is 1. The van der Waals surface area contributed by atoms with E-state index in [-0.39, 0.29) is 12.6 Å². The van der Waals surface area contributed by atoms with Crippen LogP contribution in [0, 0.1) is 5.82 Å². The summed E-state index contributed by atoms with van der Waals surface area (Å²) in [4.78, 5) is 0. The molecule has 1 unspecified atom stereocenters. The van der Waals surface area contributed by atoms with Crippen LogP contribution in [0.5, 0.6) is 0 Å². The Hall–Kier alpha value is -1.96. The smallest absolute Gasteiger partial charge is 0.319 e. The molecule has 0 fully saturated rings. The lowest BCUT2D eigenvalue weighted by Gasteiger charge is -2.14. The van der Waals surface area contributed by atoms with Crippen molar-refractivity contribution in [3.05, 3.63) is 47.3 Å². The molecule has 4 nitrogen and oxygen atoms in total. The first-order valence-corrected chi connectivity index (χ1v) is 6.22. The number of hydrogen-bond donors (Lipinski definition) is 1. The minimum Gasteiger partial charge on any atom is -0.319 e. The first-order chi connectivity index (χ1) is 9.79. The molecule has 1 heterocycles. The molecule has 21 heavy (non-hydrogen) atoms. The van der Waals surface area contributed by atoms with Gasteiger partial charge in [-0.15, -0.1) is 10.2 Å². The van der Waals surface area contributed by atoms with Crippen molar-refractivity contribution in [3.8, 4) is 0 Å². The molecule has 1 N–H and O–H groups in total. The van der Waals surface area contributed by atoms with Crippen molar-refractivity contribution in [1.82, 2.24) is 20.1 Å². The van der Waals surface area contributed by atoms with Crippen molar-refractivity contribution in [3.63, 3.8) is 0 Å². The maximum atomic E-state index is 13.2. The second-order valence-electron chi connectivity index (χ2n) is 4.71. The summed E-state index contributed by atoms with van der Waals surface area (Å²) in [6.07, 6.45) is -3.16. The third-order valence-corrected chi connectivity index (χ3v) is 3.08. The van der Waals surface area contributed by atoms with E-state index in [1.54, 1.807) is 11.6 Å². The van der Waals surface area contributed by atoms with Gasteiger partial charge in [-0.25, -0.2) is 4.39 Å². The molecule has 0 amide bonds. The van der Waals surface area contributed by atoms with Gasteiger partial charge in [-0.05, 0) is 24.6 Å². The van der Waals surface area contributed by atoms with Gasteiger partial charge in [0.25, 0.3) is 0 Å². The van der Waals surface area contributed by atoms with Crippen LogP contribution >= 0.6 is 0 Å². The number of rotatable bonds is 4. The summed E-state index contributed by atoms with van der Waals surface area (Å²) in [5.74, 6) is -0.610. The molecule has 114 valence electrons. The average Bonchev–Trinajstić information content (AvgIpc) is 2.82. The zero-order chi connectivity index (χ0) is 15.6. The number of hydrogen-bond acceptors (Lipinski definition) is 3. The van der Waals surface area contributed by atoms with Crippen LogP contribution in [0.15, 0.2) is 24.5 Å². The summed E-state index contributed by atoms with van der Waals surface area (Å²) >= 11 is 0. The van der Waals surface area contributed by atoms with Crippen molar-refractivity contribution < 1.29 is 17.6 Å². The predicted octanol–water partition coefficient (Wildman–Crippen LogP) is 2.82. The summed E-state index contributed by atoms with van der Waals surface area (Å²) in [7, 11) is 1.77. The first-order valence-electron chi connectivity index (χ1n) is 6.22. The van der Waals surface area contributed by atoms with Crippen molar-refractivity contribution in [1.29, 1.82) is 0 Å². The summed E-state index contributed by atoms with van der Waals surface area (Å²) in [6.45, 7) is 1.98. The number of alkyl halides is 3. The van der Waals surface area contributed by atoms with Gasteiger partial charge in [0.2, 0.25) is 0 Å². The van der Waals surface area contributed by atoms with E-state index in [0.29, 0.717) is 11.4 Å². The number of benzene rings is 1. The van der Waals surface area contributed by atoms with Crippen molar-refractivity contribution in [2.75, 3.05) is 0 Å². The molecule has 8 heteroatoms. The van der Waals surface area contributed by atoms with E-state index in [4.69, 9.17) is 0 Å². The van der Waals surface area contributed by atoms with E-state index >= 15 is 0 Å². The van der Waals surface area contributed by atoms with Crippen LogP contribution < -0.4 is 5.32 Å². The van der Waals surface area contributed by atoms with Gasteiger partial charge in [0.1, 0.15) is 18.0 Å². The Labute approximate surface area is 118 Å². The molecular formula is C13H14F4N4. The average molecular weight is 302 g/mol. The fraction of sp³-hybridized carbons (Fsp3) is 0.385. The molecular weight excluding hydrogens is 288 g/mol. The van der Waals surface area contributed by atoms with Crippen LogP contribution in [0.4, 0.5) is 17.6 Å². The SMILES string of the molecule is CC(NCc1ccc(F)c(C(F)(F)F)c1)c1nncn1C. The van der Waals surface area contributed by atoms with E-state index in [0.717, 1.165) is 12.1 Å². The molecule has 0 aliphatic carbocycles. The molecule has 2 aromatic rings. The Morgan fingerprint density at radius 2 is 2.05 bits per heavy atom. The van der Waals surface area contributed by atoms with E-state index in [2.05, 4.69) is 15.5 Å². The van der Waals surface area contributed by atoms with Crippen LogP contribution in [0.2, 0.25) is 0 Å². The maximum absolute atomic E-state index is 13.2. The summed E-state index contributed by atoms with van der Waals surface area (Å²) < 4.78 is 52.8. The summed E-state index contributed by atoms with van der Waals surface area (Å²) in [5.41, 5.74) is -0.911. The lowest BCUT2D eigenvalue weighted by atomic mass is 10.1. The van der Waals surface area contributed by atoms with Gasteiger partial charge in [0, 0.05) is 13.6 Å². The van der Waals surface area contributed by atoms with Crippen molar-refractivity contribution >= 4 is 0 Å². The highest BCUT2D eigenvalue weighted by atomic mass is 19.4. The monoisotopic (exact) mass is 302 g/mol. The van der Waals surface area contributed by atoms with Crippen LogP contribution in [0.1, 0.15) is 29.9 Å². The highest BCUT2D eigenvalue weighted by Crippen LogP contribution is 2.31. The topological polar surface area (TPSA) is 42.7 Å². The van der Waals surface area contributed by atoms with E-state index < -0.39 is 17.6 Å². The Kier molecular flexibility index (Phi) is 4.26. The molecule has 1 aromatic carbocycles. The number of nitrogens with zero attached hydrogens (tertiary/aromatic N) is 3. The predicted molar refractivity (Wildman–Crippen MR) is 67.7 cm³/mol. The minimum absolute atomic E-state index is 0.164. The largest absolute Gasteiger partial charge is 0.419 e. The van der Waals surface area contributed by atoms with E-state index in [9.17, 15) is 17.6 Å². The van der Waals surface area contributed by atoms with Gasteiger partial charge in [-0.2, -0.15) is 13.2 Å². The fourth-order valence-electron chi connectivity index (χ4n) is 1.95. The number of halogens is 4. The molecule has 1 atom stereocenters. The second kappa shape index (κ2) is 5.80. The fourth-order valence-corrected chi connectivity index (χ4v) is 1.95. The standard InChI is InChI=1S/C13H14F4N4/c1-8(12-20-19-7-21(12)2)18-6-9-3-4-11(14)10(5-9)13(15,16)17/h3-5,7-8,18H,6H2,1-2H3. The molecule has 0 aliphatic rings. The zero-order valence-corrected chi connectivity index (χ0v) is 11.4. The Morgan fingerprint density at radius 3 is 2.62 bits per heavy atom. The van der Waals surface area contributed by atoms with Gasteiger partial charge >= 0.3 is 6.18 Å². The van der Waals surface area contributed by atoms with E-state index in [1.165, 1.54) is 12.4 Å². The third-order valence-electron chi connectivity index (χ3n) is 3.08. The Bertz CT molecular complexity index is 621. The molecule has 0 bridgehead atoms. The molecule has 0 aliphatic heterocycles. The van der Waals surface area contributed by atoms with Gasteiger partial charge in [-0.3, -0.25) is 0 Å². The lowest BCUT2D eigenvalue weighted by molar-refractivity contribution is -0.140. The molecule has 0 saturated carbocycles. The van der Waals surface area contributed by atoms with Crippen LogP contribution in [-0.2, 0) is 19.8 Å². The summed E-state index contributed by atoms with van der Waals surface area (Å²) in [6, 6.07) is 2.76. The molecule has 0 saturated heterocycles. The maximum Gasteiger partial charge on any atom is 0.419 e. The van der Waals surface area contributed by atoms with Crippen LogP contribution in [0.3, 0.4) is 0 Å². The Balaban J connectivity index is 2.09. The quantitative estimate of drug-likeness (QED) is 0.883. The molecule has 0 radical (unpaired) electrons. The highest BCUT2D eigenvalue weighted by molar-refractivity contribution is 5.27. The van der Waals surface area contributed by atoms with Gasteiger partial charge in [0.15, 0.2) is 0 Å². The number of aromatic nitrogens is 3. The highest BCUT2D eigenvalue weighted by Gasteiger charge is 2.34. The molecule has 2 rings (SSSR count). The Morgan fingerprint density at radius 1 is 1.33 bits per heavy atom. The van der Waals surface area contributed by atoms with Crippen LogP contribution in [0.25, 0.3) is 0 Å². The normalized spacial score (nSPS) is 13.4. The second-order valence-corrected chi connectivity index (χ2v) is 4.71. The van der Waals surface area contributed by atoms with Crippen molar-refractivity contribution in [2.24, 2.45) is 7.05 Å². The van der Waals surface area contributed by atoms with Crippen LogP contribution in [-0.4, -0.2) is 14.8 Å².